The molecule has 2 nitrogen and oxygen atoms in total. The molecule has 0 saturated carbocycles. The summed E-state index contributed by atoms with van der Waals surface area (Å²) in [5, 5.41) is 3.33. The second-order valence-corrected chi connectivity index (χ2v) is 4.10. The summed E-state index contributed by atoms with van der Waals surface area (Å²) in [6.07, 6.45) is 3.11. The topological polar surface area (TPSA) is 38.0 Å². The molecule has 0 amide bonds. The Bertz CT molecular complexity index is 364. The molecular weight excluding hydrogens is 212 g/mol. The van der Waals surface area contributed by atoms with E-state index < -0.39 is 0 Å². The summed E-state index contributed by atoms with van der Waals surface area (Å²) in [6, 6.07) is 0. The lowest BCUT2D eigenvalue weighted by atomic mass is 10.1. The van der Waals surface area contributed by atoms with Crippen molar-refractivity contribution in [3.8, 4) is 0 Å². The first-order chi connectivity index (χ1) is 6.72. The molecule has 14 heavy (non-hydrogen) atoms. The molecule has 0 atom stereocenters. The minimum absolute atomic E-state index is 0.754. The summed E-state index contributed by atoms with van der Waals surface area (Å²) in [7, 11) is 0. The van der Waals surface area contributed by atoms with Gasteiger partial charge >= 0.3 is 0 Å². The van der Waals surface area contributed by atoms with Crippen LogP contribution in [0.1, 0.15) is 25.3 Å². The number of rotatable bonds is 6. The lowest BCUT2D eigenvalue weighted by Gasteiger charge is -2.14. The van der Waals surface area contributed by atoms with Gasteiger partial charge in [-0.15, -0.1) is 0 Å². The van der Waals surface area contributed by atoms with Gasteiger partial charge in [0.25, 0.3) is 0 Å². The van der Waals surface area contributed by atoms with Crippen molar-refractivity contribution in [2.24, 2.45) is 5.73 Å². The molecule has 0 saturated heterocycles. The standard InChI is InChI=1S/C10H16N2S2/c1-2-7-8(10(14)9(7)13)12-6-4-3-5-11/h12H,2-6,11H2,1H3. The van der Waals surface area contributed by atoms with E-state index >= 15 is 0 Å². The highest BCUT2D eigenvalue weighted by Crippen LogP contribution is 2.26. The van der Waals surface area contributed by atoms with Crippen molar-refractivity contribution in [1.29, 1.82) is 0 Å². The molecule has 0 heterocycles. The van der Waals surface area contributed by atoms with Gasteiger partial charge in [0.2, 0.25) is 0 Å². The van der Waals surface area contributed by atoms with Crippen LogP contribution < -0.4 is 11.1 Å². The van der Waals surface area contributed by atoms with Gasteiger partial charge in [-0.3, -0.25) is 0 Å². The molecule has 0 aliphatic heterocycles. The Labute approximate surface area is 95.2 Å². The largest absolute Gasteiger partial charge is 0.384 e. The van der Waals surface area contributed by atoms with Crippen LogP contribution in [-0.4, -0.2) is 13.1 Å². The molecular formula is C10H16N2S2. The highest BCUT2D eigenvalue weighted by Gasteiger charge is 2.11. The maximum Gasteiger partial charge on any atom is 0.0796 e. The summed E-state index contributed by atoms with van der Waals surface area (Å²) in [5.41, 5.74) is 7.73. The normalized spacial score (nSPS) is 10.7. The maximum atomic E-state index is 5.41. The second kappa shape index (κ2) is 5.53. The predicted molar refractivity (Wildman–Crippen MR) is 66.6 cm³/mol. The summed E-state index contributed by atoms with van der Waals surface area (Å²) < 4.78 is 1.72. The number of nitrogens with one attached hydrogen (secondary N) is 1. The fourth-order valence-corrected chi connectivity index (χ4v) is 2.11. The average Bonchev–Trinajstić information content (AvgIpc) is 2.21. The van der Waals surface area contributed by atoms with Crippen LogP contribution in [0.5, 0.6) is 0 Å². The van der Waals surface area contributed by atoms with Gasteiger partial charge in [0, 0.05) is 6.54 Å². The third-order valence-corrected chi connectivity index (χ3v) is 3.28. The molecule has 78 valence electrons. The van der Waals surface area contributed by atoms with Gasteiger partial charge in [-0.1, -0.05) is 31.4 Å². The quantitative estimate of drug-likeness (QED) is 0.580. The van der Waals surface area contributed by atoms with Crippen molar-refractivity contribution in [2.75, 3.05) is 18.4 Å². The highest BCUT2D eigenvalue weighted by molar-refractivity contribution is 7.74. The number of unbranched alkanes of at least 4 members (excludes halogenated alkanes) is 1. The van der Waals surface area contributed by atoms with Crippen molar-refractivity contribution < 1.29 is 0 Å². The monoisotopic (exact) mass is 228 g/mol. The van der Waals surface area contributed by atoms with Crippen LogP contribution in [0.3, 0.4) is 0 Å². The first kappa shape index (κ1) is 11.8. The maximum absolute atomic E-state index is 5.41. The van der Waals surface area contributed by atoms with Gasteiger partial charge in [0.15, 0.2) is 0 Å². The van der Waals surface area contributed by atoms with Crippen molar-refractivity contribution in [3.05, 3.63) is 14.6 Å². The van der Waals surface area contributed by atoms with E-state index in [4.69, 9.17) is 30.2 Å². The molecule has 0 unspecified atom stereocenters. The summed E-state index contributed by atoms with van der Waals surface area (Å²) >= 11 is 10.3. The molecule has 3 N–H and O–H groups in total. The van der Waals surface area contributed by atoms with Gasteiger partial charge in [0.1, 0.15) is 0 Å². The zero-order valence-electron chi connectivity index (χ0n) is 8.43. The molecule has 1 aromatic carbocycles. The Kier molecular flexibility index (Phi) is 4.65. The molecule has 0 fully saturated rings. The smallest absolute Gasteiger partial charge is 0.0796 e. The van der Waals surface area contributed by atoms with E-state index in [-0.39, 0.29) is 0 Å². The molecule has 0 bridgehead atoms. The van der Waals surface area contributed by atoms with Crippen molar-refractivity contribution in [2.45, 2.75) is 26.2 Å². The van der Waals surface area contributed by atoms with E-state index in [0.717, 1.165) is 47.1 Å². The highest BCUT2D eigenvalue weighted by atomic mass is 32.1. The van der Waals surface area contributed by atoms with E-state index in [1.807, 2.05) is 0 Å². The minimum atomic E-state index is 0.754. The van der Waals surface area contributed by atoms with Gasteiger partial charge in [-0.2, -0.15) is 0 Å². The van der Waals surface area contributed by atoms with E-state index in [2.05, 4.69) is 12.2 Å². The van der Waals surface area contributed by atoms with E-state index in [9.17, 15) is 0 Å². The van der Waals surface area contributed by atoms with Gasteiger partial charge in [-0.25, -0.2) is 0 Å². The average molecular weight is 228 g/mol. The van der Waals surface area contributed by atoms with Crippen molar-refractivity contribution in [1.82, 2.24) is 0 Å². The van der Waals surface area contributed by atoms with E-state index in [1.54, 1.807) is 0 Å². The molecule has 0 radical (unpaired) electrons. The summed E-state index contributed by atoms with van der Waals surface area (Å²) in [4.78, 5) is 0. The molecule has 0 aliphatic rings. The van der Waals surface area contributed by atoms with E-state index in [1.165, 1.54) is 5.56 Å². The molecule has 1 aromatic rings. The first-order valence-corrected chi connectivity index (χ1v) is 5.80. The Hall–Kier alpha value is -0.320. The number of hydrogen-bond donors (Lipinski definition) is 2. The van der Waals surface area contributed by atoms with Gasteiger partial charge in [0.05, 0.1) is 14.7 Å². The SMILES string of the molecule is CCc1c(NCCCCN)c(=S)c1=S. The Morgan fingerprint density at radius 3 is 2.50 bits per heavy atom. The van der Waals surface area contributed by atoms with Crippen LogP contribution in [-0.2, 0) is 6.42 Å². The Morgan fingerprint density at radius 1 is 1.21 bits per heavy atom. The zero-order chi connectivity index (χ0) is 10.6. The second-order valence-electron chi connectivity index (χ2n) is 3.29. The number of hydrogen-bond acceptors (Lipinski definition) is 4. The van der Waals surface area contributed by atoms with Gasteiger partial charge < -0.3 is 11.1 Å². The Morgan fingerprint density at radius 2 is 1.93 bits per heavy atom. The van der Waals surface area contributed by atoms with Gasteiger partial charge in [-0.05, 0) is 31.4 Å². The van der Waals surface area contributed by atoms with Crippen LogP contribution >= 0.6 is 24.4 Å². The first-order valence-electron chi connectivity index (χ1n) is 4.98. The van der Waals surface area contributed by atoms with Crippen LogP contribution in [0.4, 0.5) is 5.69 Å². The fourth-order valence-electron chi connectivity index (χ4n) is 1.45. The molecule has 0 aliphatic carbocycles. The molecule has 0 aromatic heterocycles. The predicted octanol–water partition coefficient (Wildman–Crippen LogP) is 2.73. The zero-order valence-corrected chi connectivity index (χ0v) is 10.1. The molecule has 0 spiro atoms. The third-order valence-electron chi connectivity index (χ3n) is 2.30. The third kappa shape index (κ3) is 2.38. The number of anilines is 1. The Balaban J connectivity index is 2.48. The molecule has 1 rings (SSSR count). The lowest BCUT2D eigenvalue weighted by molar-refractivity contribution is 0.772. The lowest BCUT2D eigenvalue weighted by Crippen LogP contribution is -2.10. The number of nitrogens with two attached hydrogens (primary N) is 1. The summed E-state index contributed by atoms with van der Waals surface area (Å²) in [5.74, 6) is 0. The van der Waals surface area contributed by atoms with Crippen LogP contribution in [0, 0.1) is 9.02 Å². The molecule has 4 heteroatoms. The van der Waals surface area contributed by atoms with E-state index in [0.29, 0.717) is 0 Å². The van der Waals surface area contributed by atoms with Crippen LogP contribution in [0.25, 0.3) is 0 Å². The minimum Gasteiger partial charge on any atom is -0.384 e. The summed E-state index contributed by atoms with van der Waals surface area (Å²) in [6.45, 7) is 3.80. The van der Waals surface area contributed by atoms with Crippen molar-refractivity contribution in [3.63, 3.8) is 0 Å². The van der Waals surface area contributed by atoms with Crippen LogP contribution in [0.15, 0.2) is 0 Å². The van der Waals surface area contributed by atoms with Crippen molar-refractivity contribution >= 4 is 30.1 Å². The van der Waals surface area contributed by atoms with Crippen LogP contribution in [0.2, 0.25) is 0 Å². The fraction of sp³-hybridized carbons (Fsp3) is 0.600.